The number of hydrogen-bond donors (Lipinski definition) is 2. The van der Waals surface area contributed by atoms with Gasteiger partial charge in [-0.25, -0.2) is 0 Å². The summed E-state index contributed by atoms with van der Waals surface area (Å²) in [7, 11) is 0. The summed E-state index contributed by atoms with van der Waals surface area (Å²) in [5.74, 6) is 0.866. The molecule has 1 rings (SSSR count). The fourth-order valence-electron chi connectivity index (χ4n) is 0.976. The van der Waals surface area contributed by atoms with Crippen LogP contribution >= 0.6 is 0 Å². The Labute approximate surface area is 72.0 Å². The van der Waals surface area contributed by atoms with Gasteiger partial charge in [0.1, 0.15) is 0 Å². The molecule has 1 heterocycles. The molecular formula is C8H14N4. The van der Waals surface area contributed by atoms with Crippen LogP contribution in [0, 0.1) is 5.92 Å². The Bertz CT molecular complexity index is 270. The second-order valence-corrected chi connectivity index (χ2v) is 3.27. The van der Waals surface area contributed by atoms with Crippen LogP contribution in [0.15, 0.2) is 6.07 Å². The molecule has 0 radical (unpaired) electrons. The molecule has 0 saturated carbocycles. The van der Waals surface area contributed by atoms with Crippen LogP contribution in [0.25, 0.3) is 0 Å². The van der Waals surface area contributed by atoms with E-state index in [9.17, 15) is 0 Å². The highest BCUT2D eigenvalue weighted by Gasteiger charge is 2.02. The van der Waals surface area contributed by atoms with Crippen molar-refractivity contribution in [3.8, 4) is 0 Å². The number of nitrogens with zero attached hydrogens (tertiary/aromatic N) is 2. The predicted molar refractivity (Wildman–Crippen MR) is 49.4 cm³/mol. The van der Waals surface area contributed by atoms with Gasteiger partial charge in [-0.3, -0.25) is 0 Å². The Morgan fingerprint density at radius 3 is 2.50 bits per heavy atom. The van der Waals surface area contributed by atoms with Crippen molar-refractivity contribution in [1.82, 2.24) is 10.2 Å². The molecule has 0 fully saturated rings. The zero-order valence-corrected chi connectivity index (χ0v) is 7.41. The first-order chi connectivity index (χ1) is 5.59. The van der Waals surface area contributed by atoms with Crippen molar-refractivity contribution < 1.29 is 0 Å². The first-order valence-corrected chi connectivity index (χ1v) is 3.97. The number of nitrogen functional groups attached to an aromatic ring is 2. The summed E-state index contributed by atoms with van der Waals surface area (Å²) < 4.78 is 0. The number of anilines is 2. The van der Waals surface area contributed by atoms with E-state index < -0.39 is 0 Å². The van der Waals surface area contributed by atoms with Crippen molar-refractivity contribution >= 4 is 11.5 Å². The lowest BCUT2D eigenvalue weighted by Crippen LogP contribution is -2.04. The minimum Gasteiger partial charge on any atom is -0.396 e. The molecule has 0 aliphatic rings. The van der Waals surface area contributed by atoms with Gasteiger partial charge in [0.15, 0.2) is 5.82 Å². The molecule has 0 amide bonds. The average Bonchev–Trinajstić information content (AvgIpc) is 1.96. The predicted octanol–water partition coefficient (Wildman–Crippen LogP) is 0.840. The van der Waals surface area contributed by atoms with Crippen LogP contribution < -0.4 is 11.5 Å². The second kappa shape index (κ2) is 3.38. The zero-order chi connectivity index (χ0) is 9.14. The zero-order valence-electron chi connectivity index (χ0n) is 7.41. The van der Waals surface area contributed by atoms with E-state index in [0.29, 0.717) is 17.4 Å². The van der Waals surface area contributed by atoms with Crippen LogP contribution in [0.3, 0.4) is 0 Å². The minimum atomic E-state index is 0.308. The Morgan fingerprint density at radius 1 is 1.33 bits per heavy atom. The van der Waals surface area contributed by atoms with Gasteiger partial charge in [-0.1, -0.05) is 13.8 Å². The van der Waals surface area contributed by atoms with E-state index in [1.165, 1.54) is 0 Å². The monoisotopic (exact) mass is 166 g/mol. The lowest BCUT2D eigenvalue weighted by molar-refractivity contribution is 0.629. The van der Waals surface area contributed by atoms with Crippen LogP contribution in [0.4, 0.5) is 11.5 Å². The van der Waals surface area contributed by atoms with Crippen molar-refractivity contribution in [2.45, 2.75) is 20.3 Å². The summed E-state index contributed by atoms with van der Waals surface area (Å²) in [5, 5.41) is 7.66. The molecule has 0 aliphatic heterocycles. The summed E-state index contributed by atoms with van der Waals surface area (Å²) in [6.45, 7) is 4.24. The molecule has 0 atom stereocenters. The van der Waals surface area contributed by atoms with Crippen LogP contribution in [0.2, 0.25) is 0 Å². The molecule has 4 N–H and O–H groups in total. The van der Waals surface area contributed by atoms with Crippen molar-refractivity contribution in [2.75, 3.05) is 11.5 Å². The molecule has 0 spiro atoms. The molecule has 0 bridgehead atoms. The smallest absolute Gasteiger partial charge is 0.169 e. The normalized spacial score (nSPS) is 10.6. The first-order valence-electron chi connectivity index (χ1n) is 3.97. The van der Waals surface area contributed by atoms with Gasteiger partial charge in [-0.05, 0) is 18.4 Å². The van der Waals surface area contributed by atoms with Crippen molar-refractivity contribution in [3.05, 3.63) is 11.8 Å². The van der Waals surface area contributed by atoms with E-state index in [1.807, 2.05) is 0 Å². The summed E-state index contributed by atoms with van der Waals surface area (Å²) >= 11 is 0. The maximum Gasteiger partial charge on any atom is 0.169 e. The van der Waals surface area contributed by atoms with Gasteiger partial charge in [-0.15, -0.1) is 5.10 Å². The van der Waals surface area contributed by atoms with Gasteiger partial charge in [0, 0.05) is 0 Å². The highest BCUT2D eigenvalue weighted by molar-refractivity contribution is 5.57. The van der Waals surface area contributed by atoms with Gasteiger partial charge in [0.2, 0.25) is 0 Å². The molecule has 0 unspecified atom stereocenters. The molecule has 0 saturated heterocycles. The van der Waals surface area contributed by atoms with Gasteiger partial charge < -0.3 is 11.5 Å². The molecule has 0 aromatic carbocycles. The summed E-state index contributed by atoms with van der Waals surface area (Å²) in [5.41, 5.74) is 12.4. The molecule has 4 nitrogen and oxygen atoms in total. The first kappa shape index (κ1) is 8.77. The summed E-state index contributed by atoms with van der Waals surface area (Å²) in [6, 6.07) is 1.78. The number of nitrogens with two attached hydrogens (primary N) is 2. The molecular weight excluding hydrogens is 152 g/mol. The van der Waals surface area contributed by atoms with Crippen LogP contribution in [-0.2, 0) is 6.42 Å². The van der Waals surface area contributed by atoms with E-state index in [4.69, 9.17) is 11.5 Å². The van der Waals surface area contributed by atoms with E-state index in [1.54, 1.807) is 6.07 Å². The molecule has 0 aliphatic carbocycles. The molecule has 12 heavy (non-hydrogen) atoms. The molecule has 1 aromatic heterocycles. The summed E-state index contributed by atoms with van der Waals surface area (Å²) in [4.78, 5) is 0. The van der Waals surface area contributed by atoms with E-state index in [2.05, 4.69) is 24.0 Å². The van der Waals surface area contributed by atoms with E-state index in [-0.39, 0.29) is 0 Å². The maximum atomic E-state index is 5.57. The van der Waals surface area contributed by atoms with Crippen LogP contribution in [0.5, 0.6) is 0 Å². The lowest BCUT2D eigenvalue weighted by Gasteiger charge is -2.04. The van der Waals surface area contributed by atoms with Crippen molar-refractivity contribution in [1.29, 1.82) is 0 Å². The third kappa shape index (κ3) is 2.08. The Kier molecular flexibility index (Phi) is 2.47. The quantitative estimate of drug-likeness (QED) is 0.682. The third-order valence-corrected chi connectivity index (χ3v) is 1.52. The highest BCUT2D eigenvalue weighted by atomic mass is 15.1. The van der Waals surface area contributed by atoms with E-state index >= 15 is 0 Å². The number of hydrogen-bond acceptors (Lipinski definition) is 4. The standard InChI is InChI=1S/C8H14N4/c1-5(2)3-6-4-7(9)8(10)12-11-6/h4-5H,3H2,1-2H3,(H2,9,11)(H2,10,12). The fourth-order valence-corrected chi connectivity index (χ4v) is 0.976. The van der Waals surface area contributed by atoms with E-state index in [0.717, 1.165) is 12.1 Å². The Hall–Kier alpha value is -1.32. The van der Waals surface area contributed by atoms with Crippen LogP contribution in [0.1, 0.15) is 19.5 Å². The second-order valence-electron chi connectivity index (χ2n) is 3.27. The van der Waals surface area contributed by atoms with Gasteiger partial charge >= 0.3 is 0 Å². The minimum absolute atomic E-state index is 0.308. The fraction of sp³-hybridized carbons (Fsp3) is 0.500. The Morgan fingerprint density at radius 2 is 2.00 bits per heavy atom. The van der Waals surface area contributed by atoms with Gasteiger partial charge in [0.05, 0.1) is 11.4 Å². The van der Waals surface area contributed by atoms with Crippen molar-refractivity contribution in [3.63, 3.8) is 0 Å². The molecule has 4 heteroatoms. The molecule has 1 aromatic rings. The molecule has 66 valence electrons. The topological polar surface area (TPSA) is 77.8 Å². The highest BCUT2D eigenvalue weighted by Crippen LogP contribution is 2.12. The Balaban J connectivity index is 2.82. The lowest BCUT2D eigenvalue weighted by atomic mass is 10.1. The SMILES string of the molecule is CC(C)Cc1cc(N)c(N)nn1. The number of rotatable bonds is 2. The van der Waals surface area contributed by atoms with Crippen molar-refractivity contribution in [2.24, 2.45) is 5.92 Å². The number of aromatic nitrogens is 2. The maximum absolute atomic E-state index is 5.57. The summed E-state index contributed by atoms with van der Waals surface area (Å²) in [6.07, 6.45) is 0.886. The third-order valence-electron chi connectivity index (χ3n) is 1.52. The van der Waals surface area contributed by atoms with Crippen LogP contribution in [-0.4, -0.2) is 10.2 Å². The largest absolute Gasteiger partial charge is 0.396 e. The van der Waals surface area contributed by atoms with Gasteiger partial charge in [0.25, 0.3) is 0 Å². The average molecular weight is 166 g/mol. The van der Waals surface area contributed by atoms with Gasteiger partial charge in [-0.2, -0.15) is 5.10 Å².